The van der Waals surface area contributed by atoms with Crippen molar-refractivity contribution < 1.29 is 14.3 Å². The summed E-state index contributed by atoms with van der Waals surface area (Å²) in [5.74, 6) is 1.65. The van der Waals surface area contributed by atoms with Gasteiger partial charge in [0.05, 0.1) is 5.56 Å². The van der Waals surface area contributed by atoms with Crippen molar-refractivity contribution in [2.75, 3.05) is 38.7 Å². The van der Waals surface area contributed by atoms with Crippen molar-refractivity contribution in [3.05, 3.63) is 17.6 Å². The van der Waals surface area contributed by atoms with E-state index in [0.717, 1.165) is 19.4 Å². The van der Waals surface area contributed by atoms with Gasteiger partial charge in [-0.3, -0.25) is 9.59 Å². The van der Waals surface area contributed by atoms with Gasteiger partial charge in [-0.2, -0.15) is 0 Å². The predicted octanol–water partition coefficient (Wildman–Crippen LogP) is 2.61. The SMILES string of the molecule is COCCCNc1nc(C(C)(C)C)ncc1C(=O)CC1CNCC(C(C)=O)C1. The molecule has 0 saturated carbocycles. The quantitative estimate of drug-likeness (QED) is 0.494. The van der Waals surface area contributed by atoms with E-state index in [9.17, 15) is 9.59 Å². The number of hydrogen-bond donors (Lipinski definition) is 2. The van der Waals surface area contributed by atoms with Crippen molar-refractivity contribution >= 4 is 17.4 Å². The fourth-order valence-electron chi connectivity index (χ4n) is 3.37. The van der Waals surface area contributed by atoms with E-state index in [1.165, 1.54) is 0 Å². The Kier molecular flexibility index (Phi) is 8.07. The van der Waals surface area contributed by atoms with Gasteiger partial charge < -0.3 is 15.4 Å². The van der Waals surface area contributed by atoms with Crippen LogP contribution in [0.3, 0.4) is 0 Å². The smallest absolute Gasteiger partial charge is 0.168 e. The Morgan fingerprint density at radius 3 is 2.71 bits per heavy atom. The largest absolute Gasteiger partial charge is 0.385 e. The molecule has 28 heavy (non-hydrogen) atoms. The van der Waals surface area contributed by atoms with Crippen LogP contribution in [0.4, 0.5) is 5.82 Å². The Morgan fingerprint density at radius 1 is 1.32 bits per heavy atom. The molecule has 7 heteroatoms. The van der Waals surface area contributed by atoms with Crippen molar-refractivity contribution in [3.63, 3.8) is 0 Å². The molecule has 1 aliphatic rings. The fraction of sp³-hybridized carbons (Fsp3) is 0.714. The van der Waals surface area contributed by atoms with Crippen molar-refractivity contribution in [1.82, 2.24) is 15.3 Å². The molecule has 1 saturated heterocycles. The van der Waals surface area contributed by atoms with Crippen LogP contribution in [0.15, 0.2) is 6.20 Å². The number of hydrogen-bond acceptors (Lipinski definition) is 7. The molecule has 7 nitrogen and oxygen atoms in total. The lowest BCUT2D eigenvalue weighted by atomic mass is 9.84. The second kappa shape index (κ2) is 10.1. The number of carbonyl (C=O) groups excluding carboxylic acids is 2. The van der Waals surface area contributed by atoms with Gasteiger partial charge in [-0.05, 0) is 32.2 Å². The van der Waals surface area contributed by atoms with Crippen LogP contribution < -0.4 is 10.6 Å². The number of Topliss-reactive ketones (excluding diaryl/α,β-unsaturated/α-hetero) is 2. The Labute approximate surface area is 168 Å². The predicted molar refractivity (Wildman–Crippen MR) is 110 cm³/mol. The molecule has 0 spiro atoms. The fourth-order valence-corrected chi connectivity index (χ4v) is 3.37. The van der Waals surface area contributed by atoms with E-state index >= 15 is 0 Å². The first-order chi connectivity index (χ1) is 13.2. The normalized spacial score (nSPS) is 20.0. The molecular weight excluding hydrogens is 356 g/mol. The summed E-state index contributed by atoms with van der Waals surface area (Å²) in [7, 11) is 1.67. The minimum atomic E-state index is -0.202. The summed E-state index contributed by atoms with van der Waals surface area (Å²) in [6.07, 6.45) is 3.62. The highest BCUT2D eigenvalue weighted by Crippen LogP contribution is 2.26. The van der Waals surface area contributed by atoms with Crippen LogP contribution in [-0.4, -0.2) is 54.9 Å². The molecular formula is C21H34N4O3. The zero-order valence-electron chi connectivity index (χ0n) is 17.8. The number of methoxy groups -OCH3 is 1. The van der Waals surface area contributed by atoms with Gasteiger partial charge in [-0.25, -0.2) is 9.97 Å². The van der Waals surface area contributed by atoms with E-state index in [2.05, 4.69) is 20.6 Å². The maximum Gasteiger partial charge on any atom is 0.168 e. The van der Waals surface area contributed by atoms with Crippen LogP contribution in [0.25, 0.3) is 0 Å². The van der Waals surface area contributed by atoms with Gasteiger partial charge in [0.15, 0.2) is 5.78 Å². The van der Waals surface area contributed by atoms with Crippen LogP contribution >= 0.6 is 0 Å². The Morgan fingerprint density at radius 2 is 2.07 bits per heavy atom. The van der Waals surface area contributed by atoms with Gasteiger partial charge in [-0.1, -0.05) is 20.8 Å². The number of anilines is 1. The summed E-state index contributed by atoms with van der Waals surface area (Å²) in [6, 6.07) is 0. The second-order valence-electron chi connectivity index (χ2n) is 8.67. The summed E-state index contributed by atoms with van der Waals surface area (Å²) < 4.78 is 5.09. The Balaban J connectivity index is 2.14. The van der Waals surface area contributed by atoms with Crippen molar-refractivity contribution in [3.8, 4) is 0 Å². The summed E-state index contributed by atoms with van der Waals surface area (Å²) in [5, 5.41) is 6.57. The van der Waals surface area contributed by atoms with E-state index < -0.39 is 0 Å². The Bertz CT molecular complexity index is 685. The molecule has 2 atom stereocenters. The molecule has 0 radical (unpaired) electrons. The van der Waals surface area contributed by atoms with Crippen molar-refractivity contribution in [2.24, 2.45) is 11.8 Å². The first kappa shape index (κ1) is 22.4. The van der Waals surface area contributed by atoms with Crippen LogP contribution in [0.1, 0.15) is 63.1 Å². The highest BCUT2D eigenvalue weighted by molar-refractivity contribution is 6.00. The lowest BCUT2D eigenvalue weighted by Crippen LogP contribution is -2.39. The highest BCUT2D eigenvalue weighted by Gasteiger charge is 2.28. The number of carbonyl (C=O) groups is 2. The topological polar surface area (TPSA) is 93.2 Å². The molecule has 0 bridgehead atoms. The first-order valence-corrected chi connectivity index (χ1v) is 10.1. The molecule has 2 unspecified atom stereocenters. The van der Waals surface area contributed by atoms with Crippen molar-refractivity contribution in [2.45, 2.75) is 52.4 Å². The van der Waals surface area contributed by atoms with E-state index in [-0.39, 0.29) is 28.8 Å². The number of nitrogens with one attached hydrogen (secondary N) is 2. The minimum Gasteiger partial charge on any atom is -0.385 e. The van der Waals surface area contributed by atoms with E-state index in [0.29, 0.717) is 43.3 Å². The lowest BCUT2D eigenvalue weighted by Gasteiger charge is -2.28. The molecule has 1 aromatic rings. The van der Waals surface area contributed by atoms with Gasteiger partial charge in [-0.15, -0.1) is 0 Å². The van der Waals surface area contributed by atoms with E-state index in [1.54, 1.807) is 20.2 Å². The van der Waals surface area contributed by atoms with Crippen LogP contribution in [-0.2, 0) is 14.9 Å². The van der Waals surface area contributed by atoms with Crippen LogP contribution in [0, 0.1) is 11.8 Å². The molecule has 2 rings (SSSR count). The zero-order valence-corrected chi connectivity index (χ0v) is 17.8. The standard InChI is InChI=1S/C21H34N4O3/c1-14(26)16-9-15(11-22-12-16)10-18(27)17-13-24-20(21(2,3)4)25-19(17)23-7-6-8-28-5/h13,15-16,22H,6-12H2,1-5H3,(H,23,24,25). The maximum atomic E-state index is 13.0. The maximum absolute atomic E-state index is 13.0. The number of piperidine rings is 1. The van der Waals surface area contributed by atoms with Gasteiger partial charge >= 0.3 is 0 Å². The molecule has 0 amide bonds. The molecule has 0 aliphatic carbocycles. The summed E-state index contributed by atoms with van der Waals surface area (Å²) >= 11 is 0. The van der Waals surface area contributed by atoms with Gasteiger partial charge in [0, 0.05) is 50.8 Å². The number of rotatable bonds is 9. The van der Waals surface area contributed by atoms with Crippen LogP contribution in [0.2, 0.25) is 0 Å². The minimum absolute atomic E-state index is 0.00212. The lowest BCUT2D eigenvalue weighted by molar-refractivity contribution is -0.121. The van der Waals surface area contributed by atoms with Gasteiger partial charge in [0.25, 0.3) is 0 Å². The summed E-state index contributed by atoms with van der Waals surface area (Å²) in [5.41, 5.74) is 0.322. The molecule has 0 aromatic carbocycles. The monoisotopic (exact) mass is 390 g/mol. The Hall–Kier alpha value is -1.86. The zero-order chi connectivity index (χ0) is 20.7. The summed E-state index contributed by atoms with van der Waals surface area (Å²) in [4.78, 5) is 33.8. The highest BCUT2D eigenvalue weighted by atomic mass is 16.5. The number of ether oxygens (including phenoxy) is 1. The second-order valence-corrected chi connectivity index (χ2v) is 8.67. The molecule has 1 aliphatic heterocycles. The average molecular weight is 391 g/mol. The third kappa shape index (κ3) is 6.34. The number of ketones is 2. The molecule has 1 fully saturated rings. The molecule has 156 valence electrons. The van der Waals surface area contributed by atoms with Crippen molar-refractivity contribution in [1.29, 1.82) is 0 Å². The third-order valence-corrected chi connectivity index (χ3v) is 5.07. The van der Waals surface area contributed by atoms with Gasteiger partial charge in [0.2, 0.25) is 0 Å². The third-order valence-electron chi connectivity index (χ3n) is 5.07. The first-order valence-electron chi connectivity index (χ1n) is 10.1. The molecule has 2 N–H and O–H groups in total. The van der Waals surface area contributed by atoms with E-state index in [4.69, 9.17) is 4.74 Å². The van der Waals surface area contributed by atoms with E-state index in [1.807, 2.05) is 20.8 Å². The summed E-state index contributed by atoms with van der Waals surface area (Å²) in [6.45, 7) is 10.6. The average Bonchev–Trinajstić information content (AvgIpc) is 2.64. The number of nitrogens with zero attached hydrogens (tertiary/aromatic N) is 2. The van der Waals surface area contributed by atoms with Gasteiger partial charge in [0.1, 0.15) is 17.4 Å². The molecule has 2 heterocycles. The molecule has 1 aromatic heterocycles. The van der Waals surface area contributed by atoms with Crippen LogP contribution in [0.5, 0.6) is 0 Å². The number of aromatic nitrogens is 2.